The molecule has 0 saturated heterocycles. The molecule has 5 heteroatoms. The van der Waals surface area contributed by atoms with Crippen LogP contribution in [0.2, 0.25) is 0 Å². The Hall–Kier alpha value is 2.03. The van der Waals surface area contributed by atoms with Crippen molar-refractivity contribution >= 4 is 37.7 Å². The molecule has 0 aliphatic carbocycles. The maximum absolute atomic E-state index is 8.06. The van der Waals surface area contributed by atoms with Crippen molar-refractivity contribution in [3.8, 4) is 0 Å². The quantitative estimate of drug-likeness (QED) is 0.379. The van der Waals surface area contributed by atoms with Crippen LogP contribution in [0.4, 0.5) is 0 Å². The van der Waals surface area contributed by atoms with Gasteiger partial charge in [0.15, 0.2) is 0 Å². The SMILES string of the molecule is [LiH].[LiH].[Mn].[O]=[Mn]. The van der Waals surface area contributed by atoms with Crippen LogP contribution in [0, 0.1) is 0 Å². The van der Waals surface area contributed by atoms with E-state index in [1.54, 1.807) is 15.9 Å². The van der Waals surface area contributed by atoms with E-state index < -0.39 is 0 Å². The molecule has 0 aromatic carbocycles. The molecule has 0 N–H and O–H groups in total. The van der Waals surface area contributed by atoms with Crippen LogP contribution in [0.1, 0.15) is 0 Å². The van der Waals surface area contributed by atoms with Gasteiger partial charge in [-0.25, -0.2) is 0 Å². The van der Waals surface area contributed by atoms with Crippen molar-refractivity contribution < 1.29 is 36.8 Å². The van der Waals surface area contributed by atoms with Crippen molar-refractivity contribution in [2.45, 2.75) is 0 Å². The summed E-state index contributed by atoms with van der Waals surface area (Å²) in [5.41, 5.74) is 0. The summed E-state index contributed by atoms with van der Waals surface area (Å²) >= 11 is 1.69. The normalized spacial score (nSPS) is 0.800. The van der Waals surface area contributed by atoms with Crippen molar-refractivity contribution in [3.63, 3.8) is 0 Å². The van der Waals surface area contributed by atoms with Crippen molar-refractivity contribution in [2.75, 3.05) is 0 Å². The molecule has 0 aromatic rings. The molecule has 0 aliphatic heterocycles. The molecule has 0 rings (SSSR count). The zero-order valence-electron chi connectivity index (χ0n) is 1.16. The zero-order valence-corrected chi connectivity index (χ0v) is 3.53. The van der Waals surface area contributed by atoms with Crippen molar-refractivity contribution in [3.05, 3.63) is 0 Å². The van der Waals surface area contributed by atoms with Gasteiger partial charge in [0, 0.05) is 17.1 Å². The molecule has 0 atom stereocenters. The maximum atomic E-state index is 8.06. The first-order chi connectivity index (χ1) is 1.00. The first-order valence-electron chi connectivity index (χ1n) is 0.154. The van der Waals surface area contributed by atoms with Crippen LogP contribution in [-0.2, 0) is 36.8 Å². The molecule has 0 spiro atoms. The zero-order chi connectivity index (χ0) is 2.00. The van der Waals surface area contributed by atoms with Gasteiger partial charge in [0.05, 0.1) is 0 Å². The van der Waals surface area contributed by atoms with Crippen LogP contribution in [0.3, 0.4) is 0 Å². The van der Waals surface area contributed by atoms with Crippen LogP contribution in [0.5, 0.6) is 0 Å². The Morgan fingerprint density at radius 2 is 1.00 bits per heavy atom. The fraction of sp³-hybridized carbons (Fsp3) is 0. The summed E-state index contributed by atoms with van der Waals surface area (Å²) in [6.07, 6.45) is 0. The van der Waals surface area contributed by atoms with E-state index in [1.807, 2.05) is 0 Å². The molecular weight excluding hydrogens is 140 g/mol. The van der Waals surface area contributed by atoms with Crippen LogP contribution in [0.15, 0.2) is 0 Å². The van der Waals surface area contributed by atoms with E-state index in [-0.39, 0.29) is 54.8 Å². The van der Waals surface area contributed by atoms with Crippen LogP contribution < -0.4 is 0 Å². The molecule has 0 bridgehead atoms. The van der Waals surface area contributed by atoms with Gasteiger partial charge in [-0.2, -0.15) is 0 Å². The van der Waals surface area contributed by atoms with Gasteiger partial charge < -0.3 is 0 Å². The van der Waals surface area contributed by atoms with E-state index in [0.29, 0.717) is 0 Å². The Balaban J connectivity index is -0.00000000167. The molecule has 0 saturated carbocycles. The third-order valence-corrected chi connectivity index (χ3v) is 0. The Kier molecular flexibility index (Phi) is 206. The molecule has 0 amide bonds. The van der Waals surface area contributed by atoms with Gasteiger partial charge in [-0.1, -0.05) is 0 Å². The van der Waals surface area contributed by atoms with Crippen molar-refractivity contribution in [1.29, 1.82) is 0 Å². The van der Waals surface area contributed by atoms with E-state index in [4.69, 9.17) is 3.83 Å². The van der Waals surface area contributed by atoms with E-state index in [0.717, 1.165) is 0 Å². The molecule has 0 aromatic heterocycles. The molecule has 24 valence electrons. The first-order valence-corrected chi connectivity index (χ1v) is 0.636. The Labute approximate surface area is 73.9 Å². The molecule has 1 radical (unpaired) electrons. The van der Waals surface area contributed by atoms with Gasteiger partial charge in [0.1, 0.15) is 0 Å². The van der Waals surface area contributed by atoms with Gasteiger partial charge in [-0.15, -0.1) is 0 Å². The van der Waals surface area contributed by atoms with Gasteiger partial charge in [-0.05, 0) is 0 Å². The molecule has 1 nitrogen and oxygen atoms in total. The summed E-state index contributed by atoms with van der Waals surface area (Å²) in [4.78, 5) is 0. The number of rotatable bonds is 0. The first kappa shape index (κ1) is 27.8. The molecular formula is H2Li2Mn2O. The monoisotopic (exact) mass is 142 g/mol. The number of hydrogen-bond acceptors (Lipinski definition) is 1. The van der Waals surface area contributed by atoms with E-state index >= 15 is 0 Å². The van der Waals surface area contributed by atoms with Crippen molar-refractivity contribution in [1.82, 2.24) is 0 Å². The Bertz CT molecular complexity index is 7.61. The Morgan fingerprint density at radius 1 is 1.00 bits per heavy atom. The molecule has 0 aliphatic rings. The van der Waals surface area contributed by atoms with Gasteiger partial charge >= 0.3 is 57.5 Å². The van der Waals surface area contributed by atoms with Gasteiger partial charge in [0.2, 0.25) is 0 Å². The topological polar surface area (TPSA) is 17.1 Å². The summed E-state index contributed by atoms with van der Waals surface area (Å²) in [6, 6.07) is 0. The summed E-state index contributed by atoms with van der Waals surface area (Å²) in [6.45, 7) is 0. The average Bonchev–Trinajstić information content (AvgIpc) is 1.00. The Morgan fingerprint density at radius 3 is 1.00 bits per heavy atom. The van der Waals surface area contributed by atoms with Gasteiger partial charge in [-0.3, -0.25) is 0 Å². The summed E-state index contributed by atoms with van der Waals surface area (Å²) < 4.78 is 8.06. The third kappa shape index (κ3) is 23.7. The molecule has 5 heavy (non-hydrogen) atoms. The second kappa shape index (κ2) is 37.0. The van der Waals surface area contributed by atoms with Crippen LogP contribution in [-0.4, -0.2) is 37.7 Å². The van der Waals surface area contributed by atoms with Crippen molar-refractivity contribution in [2.24, 2.45) is 0 Å². The van der Waals surface area contributed by atoms with E-state index in [1.165, 1.54) is 0 Å². The van der Waals surface area contributed by atoms with E-state index in [2.05, 4.69) is 0 Å². The predicted molar refractivity (Wildman–Crippen MR) is 15.0 cm³/mol. The average molecular weight is 142 g/mol. The summed E-state index contributed by atoms with van der Waals surface area (Å²) in [7, 11) is 0. The summed E-state index contributed by atoms with van der Waals surface area (Å²) in [5, 5.41) is 0. The van der Waals surface area contributed by atoms with Crippen LogP contribution in [0.25, 0.3) is 0 Å². The second-order valence-electron chi connectivity index (χ2n) is 0. The van der Waals surface area contributed by atoms with E-state index in [9.17, 15) is 0 Å². The number of hydrogen-bond donors (Lipinski definition) is 0. The third-order valence-electron chi connectivity index (χ3n) is 0. The van der Waals surface area contributed by atoms with Crippen LogP contribution >= 0.6 is 0 Å². The minimum absolute atomic E-state index is 0. The molecule has 0 heterocycles. The fourth-order valence-electron chi connectivity index (χ4n) is 0. The standard InChI is InChI=1S/2Li.2Mn.O.2H. The fourth-order valence-corrected chi connectivity index (χ4v) is 0. The summed E-state index contributed by atoms with van der Waals surface area (Å²) in [5.74, 6) is 0. The predicted octanol–water partition coefficient (Wildman–Crippen LogP) is -1.42. The second-order valence-corrected chi connectivity index (χ2v) is 0. The van der Waals surface area contributed by atoms with Gasteiger partial charge in [0.25, 0.3) is 0 Å². The molecule has 0 fully saturated rings. The minimum atomic E-state index is 0. The molecule has 0 unspecified atom stereocenters.